The zero-order valence-electron chi connectivity index (χ0n) is 10.7. The van der Waals surface area contributed by atoms with Gasteiger partial charge in [-0.25, -0.2) is 0 Å². The van der Waals surface area contributed by atoms with Crippen LogP contribution < -0.4 is 0 Å². The van der Waals surface area contributed by atoms with Gasteiger partial charge in [-0.3, -0.25) is 9.69 Å². The molecule has 17 heavy (non-hydrogen) atoms. The van der Waals surface area contributed by atoms with Crippen LogP contribution >= 0.6 is 0 Å². The second-order valence-electron chi connectivity index (χ2n) is 4.69. The van der Waals surface area contributed by atoms with Gasteiger partial charge < -0.3 is 9.64 Å². The van der Waals surface area contributed by atoms with Crippen molar-refractivity contribution in [3.8, 4) is 0 Å². The van der Waals surface area contributed by atoms with E-state index in [1.807, 2.05) is 4.90 Å². The second kappa shape index (κ2) is 6.17. The van der Waals surface area contributed by atoms with Crippen molar-refractivity contribution >= 4 is 5.91 Å². The maximum Gasteiger partial charge on any atom is 0.237 e. The molecule has 0 spiro atoms. The first-order valence-corrected chi connectivity index (χ1v) is 6.55. The molecule has 4 nitrogen and oxygen atoms in total. The molecule has 0 aliphatic carbocycles. The molecule has 2 aliphatic rings. The molecule has 4 heteroatoms. The Kier molecular flexibility index (Phi) is 4.57. The number of ether oxygens (including phenoxy) is 1. The molecule has 0 atom stereocenters. The summed E-state index contributed by atoms with van der Waals surface area (Å²) in [5.74, 6) is 0.262. The highest BCUT2D eigenvalue weighted by Crippen LogP contribution is 2.13. The Hall–Kier alpha value is -0.870. The highest BCUT2D eigenvalue weighted by molar-refractivity contribution is 5.78. The van der Waals surface area contributed by atoms with E-state index in [9.17, 15) is 4.79 Å². The van der Waals surface area contributed by atoms with E-state index < -0.39 is 0 Å². The topological polar surface area (TPSA) is 32.8 Å². The number of rotatable bonds is 3. The summed E-state index contributed by atoms with van der Waals surface area (Å²) in [4.78, 5) is 16.2. The Bertz CT molecular complexity index is 296. The molecule has 0 unspecified atom stereocenters. The van der Waals surface area contributed by atoms with Crippen LogP contribution in [0.4, 0.5) is 0 Å². The quantitative estimate of drug-likeness (QED) is 0.685. The summed E-state index contributed by atoms with van der Waals surface area (Å²) < 4.78 is 5.28. The molecule has 0 aromatic carbocycles. The second-order valence-corrected chi connectivity index (χ2v) is 4.69. The van der Waals surface area contributed by atoms with Crippen LogP contribution in [0.25, 0.3) is 0 Å². The van der Waals surface area contributed by atoms with E-state index in [0.29, 0.717) is 6.54 Å². The zero-order valence-corrected chi connectivity index (χ0v) is 10.7. The van der Waals surface area contributed by atoms with Crippen molar-refractivity contribution < 1.29 is 9.53 Å². The highest BCUT2D eigenvalue weighted by atomic mass is 16.5. The maximum absolute atomic E-state index is 12.1. The maximum atomic E-state index is 12.1. The number of nitrogens with zero attached hydrogens (tertiary/aromatic N) is 2. The summed E-state index contributed by atoms with van der Waals surface area (Å²) in [6.07, 6.45) is 4.37. The number of hydrogen-bond acceptors (Lipinski definition) is 3. The van der Waals surface area contributed by atoms with Crippen molar-refractivity contribution in [1.82, 2.24) is 9.80 Å². The molecule has 0 radical (unpaired) electrons. The van der Waals surface area contributed by atoms with Gasteiger partial charge in [0.2, 0.25) is 5.91 Å². The lowest BCUT2D eigenvalue weighted by atomic mass is 10.1. The van der Waals surface area contributed by atoms with Gasteiger partial charge in [0.1, 0.15) is 0 Å². The molecular weight excluding hydrogens is 216 g/mol. The van der Waals surface area contributed by atoms with Gasteiger partial charge in [-0.1, -0.05) is 18.6 Å². The molecule has 96 valence electrons. The zero-order chi connectivity index (χ0) is 12.1. The summed E-state index contributed by atoms with van der Waals surface area (Å²) in [6.45, 7) is 7.70. The summed E-state index contributed by atoms with van der Waals surface area (Å²) in [5.41, 5.74) is 1.49. The lowest BCUT2D eigenvalue weighted by Gasteiger charge is -2.31. The van der Waals surface area contributed by atoms with Crippen LogP contribution in [0, 0.1) is 0 Å². The standard InChI is InChI=1S/C13H22N2O2/c1-2-12-3-5-15(6-4-12)13(16)11-14-7-9-17-10-8-14/h3H,2,4-11H2,1H3. The smallest absolute Gasteiger partial charge is 0.237 e. The van der Waals surface area contributed by atoms with Gasteiger partial charge >= 0.3 is 0 Å². The third-order valence-corrected chi connectivity index (χ3v) is 3.57. The number of hydrogen-bond donors (Lipinski definition) is 0. The van der Waals surface area contributed by atoms with Crippen LogP contribution in [-0.2, 0) is 9.53 Å². The van der Waals surface area contributed by atoms with Crippen molar-refractivity contribution in [1.29, 1.82) is 0 Å². The first kappa shape index (κ1) is 12.6. The fourth-order valence-corrected chi connectivity index (χ4v) is 2.31. The van der Waals surface area contributed by atoms with Gasteiger partial charge in [0.15, 0.2) is 0 Å². The monoisotopic (exact) mass is 238 g/mol. The third kappa shape index (κ3) is 3.54. The van der Waals surface area contributed by atoms with Crippen LogP contribution in [0.15, 0.2) is 11.6 Å². The Morgan fingerprint density at radius 2 is 2.12 bits per heavy atom. The number of carbonyl (C=O) groups is 1. The molecule has 0 saturated carbocycles. The Balaban J connectivity index is 1.78. The van der Waals surface area contributed by atoms with Gasteiger partial charge in [-0.15, -0.1) is 0 Å². The largest absolute Gasteiger partial charge is 0.379 e. The third-order valence-electron chi connectivity index (χ3n) is 3.57. The number of amides is 1. The minimum Gasteiger partial charge on any atom is -0.379 e. The molecule has 1 fully saturated rings. The van der Waals surface area contributed by atoms with Crippen LogP contribution in [0.5, 0.6) is 0 Å². The summed E-state index contributed by atoms with van der Waals surface area (Å²) in [6, 6.07) is 0. The summed E-state index contributed by atoms with van der Waals surface area (Å²) in [7, 11) is 0. The molecule has 2 rings (SSSR count). The summed E-state index contributed by atoms with van der Waals surface area (Å²) >= 11 is 0. The van der Waals surface area contributed by atoms with Crippen molar-refractivity contribution in [3.63, 3.8) is 0 Å². The van der Waals surface area contributed by atoms with Gasteiger partial charge in [0.05, 0.1) is 19.8 Å². The average molecular weight is 238 g/mol. The minimum absolute atomic E-state index is 0.262. The van der Waals surface area contributed by atoms with Gasteiger partial charge in [0, 0.05) is 26.2 Å². The van der Waals surface area contributed by atoms with Crippen molar-refractivity contribution in [2.75, 3.05) is 45.9 Å². The normalized spacial score (nSPS) is 22.4. The molecule has 1 saturated heterocycles. The molecule has 2 heterocycles. The predicted octanol–water partition coefficient (Wildman–Crippen LogP) is 0.887. The lowest BCUT2D eigenvalue weighted by molar-refractivity contribution is -0.133. The van der Waals surface area contributed by atoms with Gasteiger partial charge in [-0.05, 0) is 12.8 Å². The molecule has 0 N–H and O–H groups in total. The van der Waals surface area contributed by atoms with Crippen LogP contribution in [0.1, 0.15) is 19.8 Å². The van der Waals surface area contributed by atoms with E-state index >= 15 is 0 Å². The van der Waals surface area contributed by atoms with E-state index in [2.05, 4.69) is 17.9 Å². The fourth-order valence-electron chi connectivity index (χ4n) is 2.31. The molecule has 0 bridgehead atoms. The highest BCUT2D eigenvalue weighted by Gasteiger charge is 2.20. The molecule has 2 aliphatic heterocycles. The minimum atomic E-state index is 0.262. The Morgan fingerprint density at radius 1 is 1.35 bits per heavy atom. The van der Waals surface area contributed by atoms with Gasteiger partial charge in [-0.2, -0.15) is 0 Å². The van der Waals surface area contributed by atoms with E-state index in [1.165, 1.54) is 5.57 Å². The molecular formula is C13H22N2O2. The molecule has 0 aromatic rings. The number of carbonyl (C=O) groups excluding carboxylic acids is 1. The van der Waals surface area contributed by atoms with E-state index in [1.54, 1.807) is 0 Å². The van der Waals surface area contributed by atoms with Crippen molar-refractivity contribution in [3.05, 3.63) is 11.6 Å². The lowest BCUT2D eigenvalue weighted by Crippen LogP contribution is -2.45. The first-order valence-electron chi connectivity index (χ1n) is 6.55. The Labute approximate surface area is 103 Å². The van der Waals surface area contributed by atoms with E-state index in [4.69, 9.17) is 4.74 Å². The average Bonchev–Trinajstić information content (AvgIpc) is 2.40. The molecule has 0 aromatic heterocycles. The fraction of sp³-hybridized carbons (Fsp3) is 0.769. The first-order chi connectivity index (χ1) is 8.29. The van der Waals surface area contributed by atoms with Gasteiger partial charge in [0.25, 0.3) is 0 Å². The molecule has 1 amide bonds. The Morgan fingerprint density at radius 3 is 2.71 bits per heavy atom. The summed E-state index contributed by atoms with van der Waals surface area (Å²) in [5, 5.41) is 0. The van der Waals surface area contributed by atoms with Crippen LogP contribution in [0.2, 0.25) is 0 Å². The number of morpholine rings is 1. The van der Waals surface area contributed by atoms with E-state index in [0.717, 1.165) is 52.2 Å². The SMILES string of the molecule is CCC1=CCN(C(=O)CN2CCOCC2)CC1. The predicted molar refractivity (Wildman–Crippen MR) is 66.8 cm³/mol. The van der Waals surface area contributed by atoms with Crippen LogP contribution in [-0.4, -0.2) is 61.6 Å². The van der Waals surface area contributed by atoms with Crippen molar-refractivity contribution in [2.24, 2.45) is 0 Å². The van der Waals surface area contributed by atoms with Crippen molar-refractivity contribution in [2.45, 2.75) is 19.8 Å². The van der Waals surface area contributed by atoms with Crippen LogP contribution in [0.3, 0.4) is 0 Å². The van der Waals surface area contributed by atoms with E-state index in [-0.39, 0.29) is 5.91 Å².